The largest absolute Gasteiger partial charge is 0.454 e. The lowest BCUT2D eigenvalue weighted by molar-refractivity contribution is 0.0406. The van der Waals surface area contributed by atoms with Crippen molar-refractivity contribution >= 4 is 17.4 Å². The molecule has 7 heteroatoms. The van der Waals surface area contributed by atoms with E-state index < -0.39 is 17.4 Å². The molecule has 3 atom stereocenters. The summed E-state index contributed by atoms with van der Waals surface area (Å²) in [6, 6.07) is 0. The van der Waals surface area contributed by atoms with Crippen molar-refractivity contribution in [2.75, 3.05) is 33.0 Å². The lowest BCUT2D eigenvalue weighted by atomic mass is 10.4. The van der Waals surface area contributed by atoms with E-state index >= 15 is 0 Å². The Labute approximate surface area is 124 Å². The van der Waals surface area contributed by atoms with Gasteiger partial charge in [-0.25, -0.2) is 0 Å². The first-order valence-electron chi connectivity index (χ1n) is 7.39. The average molecular weight is 320 g/mol. The molecule has 20 heavy (non-hydrogen) atoms. The van der Waals surface area contributed by atoms with Crippen molar-refractivity contribution in [2.45, 2.75) is 50.5 Å². The first-order valence-corrected chi connectivity index (χ1v) is 12.8. The number of hydrogen-bond acceptors (Lipinski definition) is 5. The minimum atomic E-state index is -1.84. The van der Waals surface area contributed by atoms with Gasteiger partial charge in [0.1, 0.15) is 12.2 Å². The molecule has 2 aliphatic heterocycles. The van der Waals surface area contributed by atoms with Crippen molar-refractivity contribution in [1.29, 1.82) is 0 Å². The fraction of sp³-hybridized carbons (Fsp3) is 1.00. The second-order valence-electron chi connectivity index (χ2n) is 6.21. The maximum Gasteiger partial charge on any atom is 0.202 e. The van der Waals surface area contributed by atoms with Crippen molar-refractivity contribution < 1.29 is 23.1 Å². The molecule has 2 saturated heterocycles. The van der Waals surface area contributed by atoms with E-state index in [-0.39, 0.29) is 5.73 Å². The van der Waals surface area contributed by atoms with Crippen LogP contribution in [0.5, 0.6) is 0 Å². The Bertz CT molecular complexity index is 292. The molecule has 0 amide bonds. The Hall–Kier alpha value is 0.234. The first-order chi connectivity index (χ1) is 9.47. The van der Waals surface area contributed by atoms with Crippen LogP contribution in [0.3, 0.4) is 0 Å². The number of rotatable bonds is 11. The summed E-state index contributed by atoms with van der Waals surface area (Å²) in [5.41, 5.74) is 0.173. The van der Waals surface area contributed by atoms with Crippen molar-refractivity contribution in [3.8, 4) is 0 Å². The summed E-state index contributed by atoms with van der Waals surface area (Å²) in [6.07, 6.45) is 1.53. The van der Waals surface area contributed by atoms with E-state index in [0.717, 1.165) is 19.6 Å². The number of hydrogen-bond donors (Lipinski definition) is 0. The summed E-state index contributed by atoms with van der Waals surface area (Å²) >= 11 is 0. The van der Waals surface area contributed by atoms with Crippen molar-refractivity contribution in [2.24, 2.45) is 0 Å². The molecule has 0 aromatic heterocycles. The van der Waals surface area contributed by atoms with E-state index in [0.29, 0.717) is 32.0 Å². The predicted octanol–water partition coefficient (Wildman–Crippen LogP) is 1.59. The van der Waals surface area contributed by atoms with Crippen LogP contribution in [0.25, 0.3) is 0 Å². The molecule has 1 radical (unpaired) electrons. The molecule has 0 N–H and O–H groups in total. The Morgan fingerprint density at radius 1 is 1.15 bits per heavy atom. The van der Waals surface area contributed by atoms with Crippen LogP contribution in [0.1, 0.15) is 6.42 Å². The van der Waals surface area contributed by atoms with E-state index in [4.69, 9.17) is 23.1 Å². The van der Waals surface area contributed by atoms with E-state index in [1.807, 2.05) is 0 Å². The van der Waals surface area contributed by atoms with Crippen molar-refractivity contribution in [1.82, 2.24) is 0 Å². The summed E-state index contributed by atoms with van der Waals surface area (Å²) in [5.74, 6) is 0. The van der Waals surface area contributed by atoms with E-state index in [1.54, 1.807) is 0 Å². The Balaban J connectivity index is 1.74. The molecule has 3 unspecified atom stereocenters. The molecule has 2 rings (SSSR count). The van der Waals surface area contributed by atoms with Crippen LogP contribution in [-0.4, -0.2) is 68.3 Å². The van der Waals surface area contributed by atoms with Crippen LogP contribution in [0.2, 0.25) is 26.2 Å². The minimum absolute atomic E-state index is 0.173. The molecular weight excluding hydrogens is 292 g/mol. The van der Waals surface area contributed by atoms with Crippen LogP contribution in [0.4, 0.5) is 0 Å². The molecular formula is C13H27O5Si2. The quantitative estimate of drug-likeness (QED) is 0.329. The molecule has 2 fully saturated rings. The van der Waals surface area contributed by atoms with Gasteiger partial charge < -0.3 is 23.1 Å². The van der Waals surface area contributed by atoms with Crippen molar-refractivity contribution in [3.63, 3.8) is 0 Å². The van der Waals surface area contributed by atoms with Gasteiger partial charge in [-0.15, -0.1) is 0 Å². The van der Waals surface area contributed by atoms with Gasteiger partial charge in [0, 0.05) is 6.61 Å². The molecule has 0 aromatic carbocycles. The maximum atomic E-state index is 6.24. The molecule has 0 spiro atoms. The van der Waals surface area contributed by atoms with E-state index in [1.165, 1.54) is 0 Å². The Morgan fingerprint density at radius 3 is 2.30 bits per heavy atom. The summed E-state index contributed by atoms with van der Waals surface area (Å²) in [6.45, 7) is 12.6. The fourth-order valence-electron chi connectivity index (χ4n) is 2.18. The van der Waals surface area contributed by atoms with E-state index in [9.17, 15) is 0 Å². The van der Waals surface area contributed by atoms with Gasteiger partial charge in [0.25, 0.3) is 0 Å². The van der Waals surface area contributed by atoms with Gasteiger partial charge >= 0.3 is 0 Å². The van der Waals surface area contributed by atoms with Gasteiger partial charge in [-0.05, 0) is 32.6 Å². The molecule has 2 aliphatic rings. The molecule has 0 aromatic rings. The molecule has 5 nitrogen and oxygen atoms in total. The first kappa shape index (κ1) is 16.6. The van der Waals surface area contributed by atoms with Crippen LogP contribution in [0, 0.1) is 0 Å². The fourth-order valence-corrected chi connectivity index (χ4v) is 8.23. The summed E-state index contributed by atoms with van der Waals surface area (Å²) in [4.78, 5) is 0. The lowest BCUT2D eigenvalue weighted by Gasteiger charge is -2.33. The van der Waals surface area contributed by atoms with Crippen molar-refractivity contribution in [3.05, 3.63) is 0 Å². The average Bonchev–Trinajstić information content (AvgIpc) is 3.21. The standard InChI is InChI=1S/C13H27O5Si2/c1-19(2)18-20(3,4)13(17-10-12-9-16-12)5-6-14-7-11-8-15-11/h11-13H,5-10H2,1-4H3. The topological polar surface area (TPSA) is 52.8 Å². The van der Waals surface area contributed by atoms with Gasteiger partial charge in [0.05, 0.1) is 32.2 Å². The highest BCUT2D eigenvalue weighted by atomic mass is 28.4. The zero-order valence-corrected chi connectivity index (χ0v) is 15.0. The third-order valence-corrected chi connectivity index (χ3v) is 9.10. The summed E-state index contributed by atoms with van der Waals surface area (Å²) in [7, 11) is -2.54. The van der Waals surface area contributed by atoms with Gasteiger partial charge in [-0.2, -0.15) is 0 Å². The zero-order valence-electron chi connectivity index (χ0n) is 13.0. The minimum Gasteiger partial charge on any atom is -0.454 e. The Morgan fingerprint density at radius 2 is 1.75 bits per heavy atom. The van der Waals surface area contributed by atoms with Crippen LogP contribution >= 0.6 is 0 Å². The highest BCUT2D eigenvalue weighted by molar-refractivity contribution is 6.78. The molecule has 0 saturated carbocycles. The molecule has 117 valence electrons. The van der Waals surface area contributed by atoms with Crippen LogP contribution < -0.4 is 0 Å². The monoisotopic (exact) mass is 319 g/mol. The third-order valence-electron chi connectivity index (χ3n) is 3.36. The Kier molecular flexibility index (Phi) is 6.21. The zero-order chi connectivity index (χ0) is 14.6. The molecule has 0 aliphatic carbocycles. The van der Waals surface area contributed by atoms with E-state index in [2.05, 4.69) is 26.2 Å². The molecule has 2 heterocycles. The third kappa shape index (κ3) is 6.34. The highest BCUT2D eigenvalue weighted by Gasteiger charge is 2.37. The highest BCUT2D eigenvalue weighted by Crippen LogP contribution is 2.21. The summed E-state index contributed by atoms with van der Waals surface area (Å²) < 4.78 is 28.3. The maximum absolute atomic E-state index is 6.24. The number of ether oxygens (including phenoxy) is 4. The van der Waals surface area contributed by atoms with Gasteiger partial charge in [0.2, 0.25) is 8.32 Å². The number of epoxide rings is 2. The second kappa shape index (κ2) is 7.48. The van der Waals surface area contributed by atoms with Crippen LogP contribution in [0.15, 0.2) is 0 Å². The normalized spacial score (nSPS) is 26.9. The lowest BCUT2D eigenvalue weighted by Crippen LogP contribution is -2.50. The van der Waals surface area contributed by atoms with Gasteiger partial charge in [-0.1, -0.05) is 0 Å². The van der Waals surface area contributed by atoms with Gasteiger partial charge in [-0.3, -0.25) is 0 Å². The SMILES string of the molecule is C[Si](C)O[Si](C)(C)C(CCOCC1CO1)OCC1CO1. The second-order valence-corrected chi connectivity index (χ2v) is 12.7. The smallest absolute Gasteiger partial charge is 0.202 e. The van der Waals surface area contributed by atoms with Crippen LogP contribution in [-0.2, 0) is 23.1 Å². The van der Waals surface area contributed by atoms with Gasteiger partial charge in [0.15, 0.2) is 9.04 Å². The predicted molar refractivity (Wildman–Crippen MR) is 80.7 cm³/mol. The molecule has 0 bridgehead atoms. The summed E-state index contributed by atoms with van der Waals surface area (Å²) in [5, 5.41) is 0.